The molecule has 1 atom stereocenters. The van der Waals surface area contributed by atoms with Crippen LogP contribution in [-0.4, -0.2) is 24.2 Å². The Morgan fingerprint density at radius 1 is 1.35 bits per heavy atom. The molecule has 2 fully saturated rings. The van der Waals surface area contributed by atoms with Crippen molar-refractivity contribution >= 4 is 5.91 Å². The predicted octanol–water partition coefficient (Wildman–Crippen LogP) is 2.78. The Hall–Kier alpha value is -1.08. The highest BCUT2D eigenvalue weighted by Gasteiger charge is 2.49. The second-order valence-electron chi connectivity index (χ2n) is 6.61. The van der Waals surface area contributed by atoms with Gasteiger partial charge in [0.2, 0.25) is 5.91 Å². The van der Waals surface area contributed by atoms with Crippen LogP contribution in [0.15, 0.2) is 0 Å². The van der Waals surface area contributed by atoms with E-state index in [0.29, 0.717) is 25.4 Å². The molecular weight excluding hydrogens is 252 g/mol. The topological polar surface area (TPSA) is 62.1 Å². The molecule has 0 spiro atoms. The molecule has 1 aliphatic carbocycles. The summed E-state index contributed by atoms with van der Waals surface area (Å²) < 4.78 is 5.93. The van der Waals surface area contributed by atoms with Gasteiger partial charge in [0.05, 0.1) is 11.7 Å². The van der Waals surface area contributed by atoms with Gasteiger partial charge in [0, 0.05) is 12.6 Å². The normalized spacial score (nSPS) is 35.7. The fourth-order valence-electron chi connectivity index (χ4n) is 3.67. The van der Waals surface area contributed by atoms with Crippen molar-refractivity contribution in [2.45, 2.75) is 70.9 Å². The molecule has 1 aliphatic heterocycles. The minimum absolute atomic E-state index is 0.0638. The molecule has 20 heavy (non-hydrogen) atoms. The van der Waals surface area contributed by atoms with E-state index >= 15 is 0 Å². The molecule has 1 heterocycles. The van der Waals surface area contributed by atoms with Crippen LogP contribution >= 0.6 is 0 Å². The maximum atomic E-state index is 12.4. The second-order valence-corrected chi connectivity index (χ2v) is 6.61. The minimum atomic E-state index is -0.765. The van der Waals surface area contributed by atoms with E-state index in [0.717, 1.165) is 25.7 Å². The molecule has 1 unspecified atom stereocenters. The predicted molar refractivity (Wildman–Crippen MR) is 76.9 cm³/mol. The molecule has 4 heteroatoms. The molecule has 1 N–H and O–H groups in total. The first-order chi connectivity index (χ1) is 9.49. The van der Waals surface area contributed by atoms with E-state index < -0.39 is 5.41 Å². The molecule has 0 radical (unpaired) electrons. The lowest BCUT2D eigenvalue weighted by atomic mass is 9.63. The van der Waals surface area contributed by atoms with Crippen molar-refractivity contribution in [3.63, 3.8) is 0 Å². The average molecular weight is 278 g/mol. The maximum absolute atomic E-state index is 12.4. The van der Waals surface area contributed by atoms with Crippen molar-refractivity contribution < 1.29 is 9.53 Å². The zero-order valence-electron chi connectivity index (χ0n) is 12.9. The summed E-state index contributed by atoms with van der Waals surface area (Å²) in [6.45, 7) is 7.06. The van der Waals surface area contributed by atoms with E-state index in [1.54, 1.807) is 0 Å². The molecule has 2 rings (SSSR count). The van der Waals surface area contributed by atoms with Crippen molar-refractivity contribution in [2.75, 3.05) is 6.61 Å². The Morgan fingerprint density at radius 2 is 2.00 bits per heavy atom. The molecule has 0 aromatic carbocycles. The van der Waals surface area contributed by atoms with Gasteiger partial charge in [0.15, 0.2) is 0 Å². The Bertz CT molecular complexity index is 403. The zero-order chi connectivity index (χ0) is 14.8. The van der Waals surface area contributed by atoms with Gasteiger partial charge < -0.3 is 10.1 Å². The molecule has 2 aliphatic rings. The summed E-state index contributed by atoms with van der Waals surface area (Å²) in [4.78, 5) is 12.4. The third-order valence-corrected chi connectivity index (χ3v) is 5.16. The number of carbonyl (C=O) groups is 1. The lowest BCUT2D eigenvalue weighted by molar-refractivity contribution is -0.138. The van der Waals surface area contributed by atoms with Crippen LogP contribution in [0.25, 0.3) is 0 Å². The largest absolute Gasteiger partial charge is 0.375 e. The van der Waals surface area contributed by atoms with Gasteiger partial charge in [-0.3, -0.25) is 4.79 Å². The van der Waals surface area contributed by atoms with Crippen LogP contribution in [0.2, 0.25) is 0 Å². The van der Waals surface area contributed by atoms with Crippen LogP contribution in [0.4, 0.5) is 0 Å². The first-order valence-corrected chi connectivity index (χ1v) is 7.85. The van der Waals surface area contributed by atoms with E-state index in [1.807, 2.05) is 0 Å². The standard InChI is InChI=1S/C16H26N2O2/c1-4-16(5-2)10-13(6-7-20-16)18-14(19)15(11-17)8-12(3)9-15/h12-13H,4-10H2,1-3H3,(H,18,19). The fourth-order valence-corrected chi connectivity index (χ4v) is 3.67. The lowest BCUT2D eigenvalue weighted by Crippen LogP contribution is -2.54. The first kappa shape index (κ1) is 15.3. The van der Waals surface area contributed by atoms with Crippen LogP contribution in [0.5, 0.6) is 0 Å². The summed E-state index contributed by atoms with van der Waals surface area (Å²) in [5, 5.41) is 12.4. The van der Waals surface area contributed by atoms with Gasteiger partial charge in [-0.1, -0.05) is 20.8 Å². The van der Waals surface area contributed by atoms with Crippen LogP contribution in [0.3, 0.4) is 0 Å². The van der Waals surface area contributed by atoms with Gasteiger partial charge >= 0.3 is 0 Å². The number of hydrogen-bond acceptors (Lipinski definition) is 3. The van der Waals surface area contributed by atoms with Crippen molar-refractivity contribution in [1.82, 2.24) is 5.32 Å². The van der Waals surface area contributed by atoms with E-state index in [4.69, 9.17) is 4.74 Å². The third-order valence-electron chi connectivity index (χ3n) is 5.16. The molecular formula is C16H26N2O2. The summed E-state index contributed by atoms with van der Waals surface area (Å²) in [5.41, 5.74) is -0.859. The van der Waals surface area contributed by atoms with Crippen molar-refractivity contribution in [3.05, 3.63) is 0 Å². The number of amides is 1. The van der Waals surface area contributed by atoms with Crippen LogP contribution in [-0.2, 0) is 9.53 Å². The monoisotopic (exact) mass is 278 g/mol. The van der Waals surface area contributed by atoms with Gasteiger partial charge in [-0.05, 0) is 44.4 Å². The quantitative estimate of drug-likeness (QED) is 0.860. The molecule has 0 bridgehead atoms. The van der Waals surface area contributed by atoms with Crippen molar-refractivity contribution in [3.8, 4) is 6.07 Å². The van der Waals surface area contributed by atoms with Gasteiger partial charge in [-0.2, -0.15) is 5.26 Å². The number of hydrogen-bond donors (Lipinski definition) is 1. The third kappa shape index (κ3) is 2.69. The highest BCUT2D eigenvalue weighted by atomic mass is 16.5. The SMILES string of the molecule is CCC1(CC)CC(NC(=O)C2(C#N)CC(C)C2)CCO1. The van der Waals surface area contributed by atoms with Gasteiger partial charge in [-0.25, -0.2) is 0 Å². The average Bonchev–Trinajstić information content (AvgIpc) is 2.43. The highest BCUT2D eigenvalue weighted by molar-refractivity contribution is 5.86. The van der Waals surface area contributed by atoms with E-state index in [9.17, 15) is 10.1 Å². The van der Waals surface area contributed by atoms with Crippen molar-refractivity contribution in [1.29, 1.82) is 5.26 Å². The minimum Gasteiger partial charge on any atom is -0.375 e. The number of carbonyl (C=O) groups excluding carboxylic acids is 1. The van der Waals surface area contributed by atoms with E-state index in [1.165, 1.54) is 0 Å². The smallest absolute Gasteiger partial charge is 0.240 e. The summed E-state index contributed by atoms with van der Waals surface area (Å²) in [6.07, 6.45) is 5.05. The fraction of sp³-hybridized carbons (Fsp3) is 0.875. The summed E-state index contributed by atoms with van der Waals surface area (Å²) >= 11 is 0. The molecule has 4 nitrogen and oxygen atoms in total. The highest BCUT2D eigenvalue weighted by Crippen LogP contribution is 2.45. The Labute approximate surface area is 121 Å². The molecule has 1 amide bonds. The molecule has 112 valence electrons. The number of nitrogens with zero attached hydrogens (tertiary/aromatic N) is 1. The Morgan fingerprint density at radius 3 is 2.50 bits per heavy atom. The number of nitriles is 1. The lowest BCUT2D eigenvalue weighted by Gasteiger charge is -2.43. The second kappa shape index (κ2) is 5.73. The number of rotatable bonds is 4. The van der Waals surface area contributed by atoms with E-state index in [-0.39, 0.29) is 17.6 Å². The summed E-state index contributed by atoms with van der Waals surface area (Å²) in [6, 6.07) is 2.39. The first-order valence-electron chi connectivity index (χ1n) is 7.85. The van der Waals surface area contributed by atoms with Crippen LogP contribution in [0, 0.1) is 22.7 Å². The summed E-state index contributed by atoms with van der Waals surface area (Å²) in [5.74, 6) is 0.423. The Balaban J connectivity index is 1.96. The van der Waals surface area contributed by atoms with Gasteiger partial charge in [0.25, 0.3) is 0 Å². The molecule has 0 aromatic rings. The summed E-state index contributed by atoms with van der Waals surface area (Å²) in [7, 11) is 0. The maximum Gasteiger partial charge on any atom is 0.240 e. The molecule has 1 saturated carbocycles. The van der Waals surface area contributed by atoms with Crippen LogP contribution < -0.4 is 5.32 Å². The Kier molecular flexibility index (Phi) is 4.39. The van der Waals surface area contributed by atoms with Crippen LogP contribution in [0.1, 0.15) is 59.3 Å². The molecule has 0 aromatic heterocycles. The van der Waals surface area contributed by atoms with Crippen molar-refractivity contribution in [2.24, 2.45) is 11.3 Å². The number of nitrogens with one attached hydrogen (secondary N) is 1. The van der Waals surface area contributed by atoms with E-state index in [2.05, 4.69) is 32.2 Å². The number of ether oxygens (including phenoxy) is 1. The zero-order valence-corrected chi connectivity index (χ0v) is 12.9. The van der Waals surface area contributed by atoms with Gasteiger partial charge in [-0.15, -0.1) is 0 Å². The molecule has 1 saturated heterocycles. The van der Waals surface area contributed by atoms with Gasteiger partial charge in [0.1, 0.15) is 5.41 Å².